The molecule has 17 nitrogen and oxygen atoms in total. The molecule has 2 aromatic carbocycles. The van der Waals surface area contributed by atoms with E-state index in [4.69, 9.17) is 26.1 Å². The summed E-state index contributed by atoms with van der Waals surface area (Å²) in [5, 5.41) is 9.18. The first-order chi connectivity index (χ1) is 30.3. The molecule has 6 heterocycles. The monoisotopic (exact) mass is 879 g/mol. The summed E-state index contributed by atoms with van der Waals surface area (Å²) < 4.78 is 13.8. The van der Waals surface area contributed by atoms with Gasteiger partial charge in [-0.1, -0.05) is 17.7 Å². The predicted octanol–water partition coefficient (Wildman–Crippen LogP) is 4.30. The van der Waals surface area contributed by atoms with Crippen molar-refractivity contribution < 1.29 is 33.4 Å². The molecule has 1 aliphatic carbocycles. The van der Waals surface area contributed by atoms with E-state index in [1.807, 2.05) is 44.2 Å². The maximum atomic E-state index is 13.4. The fourth-order valence-corrected chi connectivity index (χ4v) is 9.65. The number of ether oxygens (including phenoxy) is 2. The fraction of sp³-hybridized carbons (Fsp3) is 0.467. The summed E-state index contributed by atoms with van der Waals surface area (Å²) >= 11 is 6.59. The van der Waals surface area contributed by atoms with Gasteiger partial charge in [0.05, 0.1) is 35.0 Å². The summed E-state index contributed by atoms with van der Waals surface area (Å²) in [6, 6.07) is 12.0. The molecule has 4 aromatic rings. The number of aromatic nitrogens is 3. The largest absolute Gasteiger partial charge is 0.478 e. The number of hydrogen-bond acceptors (Lipinski definition) is 13. The van der Waals surface area contributed by atoms with Crippen molar-refractivity contribution in [3.8, 4) is 5.75 Å². The van der Waals surface area contributed by atoms with Crippen molar-refractivity contribution in [2.24, 2.45) is 0 Å². The molecule has 3 N–H and O–H groups in total. The molecular formula is C45H50ClN9O8. The van der Waals surface area contributed by atoms with Gasteiger partial charge in [-0.2, -0.15) is 4.98 Å². The van der Waals surface area contributed by atoms with Crippen LogP contribution in [0.2, 0.25) is 5.02 Å². The number of imide groups is 2. The number of nitrogens with one attached hydrogen (secondary N) is 3. The van der Waals surface area contributed by atoms with Crippen LogP contribution >= 0.6 is 11.6 Å². The summed E-state index contributed by atoms with van der Waals surface area (Å²) in [5.74, 6) is -0.973. The lowest BCUT2D eigenvalue weighted by atomic mass is 9.87. The molecular weight excluding hydrogens is 830 g/mol. The van der Waals surface area contributed by atoms with E-state index in [0.29, 0.717) is 39.6 Å². The Kier molecular flexibility index (Phi) is 11.7. The minimum atomic E-state index is -0.976. The highest BCUT2D eigenvalue weighted by Gasteiger charge is 2.45. The third kappa shape index (κ3) is 8.36. The van der Waals surface area contributed by atoms with E-state index in [0.717, 1.165) is 79.6 Å². The molecule has 330 valence electrons. The van der Waals surface area contributed by atoms with Gasteiger partial charge < -0.3 is 29.6 Å². The van der Waals surface area contributed by atoms with Gasteiger partial charge in [0.1, 0.15) is 11.1 Å². The summed E-state index contributed by atoms with van der Waals surface area (Å²) in [6.07, 6.45) is 6.72. The third-order valence-electron chi connectivity index (χ3n) is 13.0. The Bertz CT molecular complexity index is 2570. The van der Waals surface area contributed by atoms with Crippen LogP contribution in [0, 0.1) is 0 Å². The normalized spacial score (nSPS) is 23.0. The van der Waals surface area contributed by atoms with Crippen LogP contribution in [0.15, 0.2) is 53.5 Å². The molecule has 5 aliphatic rings. The van der Waals surface area contributed by atoms with Gasteiger partial charge in [-0.15, -0.1) is 0 Å². The quantitative estimate of drug-likeness (QED) is 0.171. The molecule has 3 saturated heterocycles. The number of nitrogens with zero attached hydrogens (tertiary/aromatic N) is 6. The van der Waals surface area contributed by atoms with Crippen molar-refractivity contribution in [3.05, 3.63) is 80.7 Å². The van der Waals surface area contributed by atoms with Crippen molar-refractivity contribution in [2.45, 2.75) is 95.0 Å². The van der Waals surface area contributed by atoms with Crippen LogP contribution in [0.3, 0.4) is 0 Å². The first-order valence-electron chi connectivity index (χ1n) is 21.7. The van der Waals surface area contributed by atoms with Crippen molar-refractivity contribution in [3.63, 3.8) is 0 Å². The Labute approximate surface area is 368 Å². The molecule has 0 radical (unpaired) electrons. The minimum absolute atomic E-state index is 0.0847. The molecule has 2 atom stereocenters. The Hall–Kier alpha value is -5.91. The molecule has 2 aromatic heterocycles. The molecule has 4 aliphatic heterocycles. The van der Waals surface area contributed by atoms with E-state index in [9.17, 15) is 28.8 Å². The summed E-state index contributed by atoms with van der Waals surface area (Å²) in [4.78, 5) is 90.8. The van der Waals surface area contributed by atoms with Crippen molar-refractivity contribution >= 4 is 69.5 Å². The second-order valence-electron chi connectivity index (χ2n) is 17.3. The van der Waals surface area contributed by atoms with Gasteiger partial charge in [-0.3, -0.25) is 43.9 Å². The lowest BCUT2D eigenvalue weighted by Crippen LogP contribution is -2.54. The number of carbonyl (C=O) groups is 5. The number of fused-ring (bicyclic) bond motifs is 2. The molecule has 63 heavy (non-hydrogen) atoms. The number of benzene rings is 2. The van der Waals surface area contributed by atoms with Gasteiger partial charge in [0, 0.05) is 56.3 Å². The zero-order chi connectivity index (χ0) is 44.1. The topological polar surface area (TPSA) is 197 Å². The number of pyridine rings is 1. The van der Waals surface area contributed by atoms with Gasteiger partial charge in [0.15, 0.2) is 18.2 Å². The van der Waals surface area contributed by atoms with Crippen LogP contribution in [0.1, 0.15) is 97.0 Å². The predicted molar refractivity (Wildman–Crippen MR) is 234 cm³/mol. The average Bonchev–Trinajstić information content (AvgIpc) is 3.84. The van der Waals surface area contributed by atoms with Crippen LogP contribution in [-0.4, -0.2) is 118 Å². The molecule has 1 saturated carbocycles. The second-order valence-corrected chi connectivity index (χ2v) is 17.7. The van der Waals surface area contributed by atoms with Crippen LogP contribution in [0.25, 0.3) is 10.9 Å². The molecule has 5 amide bonds. The van der Waals surface area contributed by atoms with E-state index < -0.39 is 29.7 Å². The number of anilines is 3. The van der Waals surface area contributed by atoms with Gasteiger partial charge in [-0.05, 0) is 107 Å². The summed E-state index contributed by atoms with van der Waals surface area (Å²) in [5.41, 5.74) is 2.76. The highest BCUT2D eigenvalue weighted by molar-refractivity contribution is 6.33. The van der Waals surface area contributed by atoms with E-state index in [1.165, 1.54) is 7.05 Å². The molecule has 4 fully saturated rings. The number of hydrogen-bond donors (Lipinski definition) is 3. The first-order valence-corrected chi connectivity index (χ1v) is 22.0. The highest BCUT2D eigenvalue weighted by atomic mass is 35.5. The number of likely N-dealkylation sites (tertiary alicyclic amines) is 1. The third-order valence-corrected chi connectivity index (χ3v) is 13.3. The van der Waals surface area contributed by atoms with Crippen LogP contribution in [0.4, 0.5) is 17.5 Å². The number of halogens is 1. The number of likely N-dealkylation sites (N-methyl/N-ethyl adjacent to an activating group) is 1. The zero-order valence-corrected chi connectivity index (χ0v) is 36.2. The van der Waals surface area contributed by atoms with E-state index in [-0.39, 0.29) is 60.8 Å². The lowest BCUT2D eigenvalue weighted by molar-refractivity contribution is -0.136. The standard InChI is InChI=1S/C45H50ClN9O8/c1-24(2)54-35-7-5-28(16-27(35)18-37(44(54)61)62-23-39(57)47-3)49-40-34(46)21-48-45(51-40)52-14-11-30(12-15-52)63-31-19-29(20-31)53-13-10-26(22-53)25-4-6-32-33(17-25)43(60)55(42(32)59)36-8-9-38(56)50-41(36)58/h4-7,16-18,21,24,26,29-31,36H,8-15,19-20,22-23H2,1-3H3,(H,47,57)(H,48,49,51)(H,50,56,58)/t26-,29?,31?,36+/m0/s1. The number of amides is 5. The second kappa shape index (κ2) is 17.3. The maximum absolute atomic E-state index is 13.4. The van der Waals surface area contributed by atoms with Crippen molar-refractivity contribution in [1.29, 1.82) is 0 Å². The lowest BCUT2D eigenvalue weighted by Gasteiger charge is -2.43. The maximum Gasteiger partial charge on any atom is 0.293 e. The van der Waals surface area contributed by atoms with Gasteiger partial charge in [0.2, 0.25) is 17.8 Å². The zero-order valence-electron chi connectivity index (χ0n) is 35.4. The smallest absolute Gasteiger partial charge is 0.293 e. The van der Waals surface area contributed by atoms with Gasteiger partial charge in [-0.25, -0.2) is 4.98 Å². The van der Waals surface area contributed by atoms with Crippen LogP contribution in [-0.2, 0) is 19.1 Å². The Morgan fingerprint density at radius 2 is 1.71 bits per heavy atom. The van der Waals surface area contributed by atoms with E-state index in [1.54, 1.807) is 22.9 Å². The molecule has 18 heteroatoms. The SMILES string of the molecule is CNC(=O)COc1cc2cc(Nc3nc(N4CCC(OC5CC(N6CC[C@H](c7ccc8c(c7)C(=O)N([C@@H]7CCC(=O)NC7=O)C8=O)C6)C5)CC4)ncc3Cl)ccc2n(C(C)C)c1=O. The van der Waals surface area contributed by atoms with Crippen LogP contribution in [0.5, 0.6) is 5.75 Å². The average molecular weight is 880 g/mol. The Morgan fingerprint density at radius 3 is 2.46 bits per heavy atom. The summed E-state index contributed by atoms with van der Waals surface area (Å²) in [6.45, 7) is 6.84. The van der Waals surface area contributed by atoms with Crippen molar-refractivity contribution in [1.82, 2.24) is 35.0 Å². The van der Waals surface area contributed by atoms with Gasteiger partial charge in [0.25, 0.3) is 23.3 Å². The van der Waals surface area contributed by atoms with Crippen molar-refractivity contribution in [2.75, 3.05) is 50.1 Å². The highest BCUT2D eigenvalue weighted by Crippen LogP contribution is 2.39. The first kappa shape index (κ1) is 42.4. The minimum Gasteiger partial charge on any atom is -0.478 e. The Balaban J connectivity index is 0.761. The molecule has 9 rings (SSSR count). The van der Waals surface area contributed by atoms with E-state index >= 15 is 0 Å². The number of piperidine rings is 2. The summed E-state index contributed by atoms with van der Waals surface area (Å²) in [7, 11) is 1.51. The molecule has 0 spiro atoms. The van der Waals surface area contributed by atoms with E-state index in [2.05, 4.69) is 30.7 Å². The molecule has 0 bridgehead atoms. The van der Waals surface area contributed by atoms with Crippen LogP contribution < -0.4 is 31.1 Å². The molecule has 0 unspecified atom stereocenters. The van der Waals surface area contributed by atoms with Gasteiger partial charge >= 0.3 is 0 Å². The fourth-order valence-electron chi connectivity index (χ4n) is 9.51. The number of carbonyl (C=O) groups excluding carboxylic acids is 5. The number of rotatable bonds is 12. The Morgan fingerprint density at radius 1 is 0.937 bits per heavy atom.